The number of piperidine rings is 1. The molecule has 1 aliphatic heterocycles. The van der Waals surface area contributed by atoms with Gasteiger partial charge in [0.05, 0.1) is 10.0 Å². The van der Waals surface area contributed by atoms with Gasteiger partial charge in [-0.1, -0.05) is 29.3 Å². The summed E-state index contributed by atoms with van der Waals surface area (Å²) in [7, 11) is -3.92. The fraction of sp³-hybridized carbons (Fsp3) is 0.385. The summed E-state index contributed by atoms with van der Waals surface area (Å²) in [6.45, 7) is 0.507. The number of halogens is 2. The quantitative estimate of drug-likeness (QED) is 0.836. The third kappa shape index (κ3) is 3.75. The van der Waals surface area contributed by atoms with Gasteiger partial charge in [0.1, 0.15) is 16.4 Å². The van der Waals surface area contributed by atoms with Crippen molar-refractivity contribution in [3.63, 3.8) is 0 Å². The first-order chi connectivity index (χ1) is 9.81. The predicted octanol–water partition coefficient (Wildman–Crippen LogP) is 1.96. The number of hydrogen-bond acceptors (Lipinski definition) is 4. The molecular formula is C13H13Cl2NO4S. The standard InChI is InChI=1S/C13H13Cl2NO4S/c14-10-2-1-3-11(15)13(10)21(19,20)8-12(18)16-6-4-9(17)5-7-16/h1-3H,4-8H2. The van der Waals surface area contributed by atoms with Crippen LogP contribution in [0.3, 0.4) is 0 Å². The Balaban J connectivity index is 2.18. The van der Waals surface area contributed by atoms with E-state index in [0.29, 0.717) is 0 Å². The molecule has 1 aliphatic rings. The highest BCUT2D eigenvalue weighted by Gasteiger charge is 2.29. The molecule has 0 spiro atoms. The molecule has 0 saturated carbocycles. The van der Waals surface area contributed by atoms with Gasteiger partial charge in [0, 0.05) is 25.9 Å². The fourth-order valence-electron chi connectivity index (χ4n) is 2.11. The first kappa shape index (κ1) is 16.3. The Kier molecular flexibility index (Phi) is 4.91. The molecule has 2 rings (SSSR count). The van der Waals surface area contributed by atoms with E-state index in [-0.39, 0.29) is 46.7 Å². The number of ketones is 1. The first-order valence-electron chi connectivity index (χ1n) is 6.27. The lowest BCUT2D eigenvalue weighted by atomic mass is 10.1. The lowest BCUT2D eigenvalue weighted by Crippen LogP contribution is -2.41. The van der Waals surface area contributed by atoms with Crippen LogP contribution in [-0.2, 0) is 19.4 Å². The number of nitrogens with zero attached hydrogens (tertiary/aromatic N) is 1. The van der Waals surface area contributed by atoms with E-state index in [4.69, 9.17) is 23.2 Å². The second-order valence-electron chi connectivity index (χ2n) is 4.73. The molecule has 1 aromatic rings. The van der Waals surface area contributed by atoms with Crippen LogP contribution in [0.2, 0.25) is 10.0 Å². The smallest absolute Gasteiger partial charge is 0.238 e. The lowest BCUT2D eigenvalue weighted by molar-refractivity contribution is -0.132. The lowest BCUT2D eigenvalue weighted by Gasteiger charge is -2.26. The van der Waals surface area contributed by atoms with E-state index in [0.717, 1.165) is 0 Å². The molecule has 5 nitrogen and oxygen atoms in total. The molecule has 0 unspecified atom stereocenters. The van der Waals surface area contributed by atoms with E-state index in [1.807, 2.05) is 0 Å². The third-order valence-corrected chi connectivity index (χ3v) is 5.76. The van der Waals surface area contributed by atoms with Crippen molar-refractivity contribution in [3.8, 4) is 0 Å². The molecular weight excluding hydrogens is 337 g/mol. The van der Waals surface area contributed by atoms with Gasteiger partial charge >= 0.3 is 0 Å². The molecule has 114 valence electrons. The van der Waals surface area contributed by atoms with E-state index in [2.05, 4.69) is 0 Å². The van der Waals surface area contributed by atoms with E-state index < -0.39 is 21.5 Å². The highest BCUT2D eigenvalue weighted by atomic mass is 35.5. The summed E-state index contributed by atoms with van der Waals surface area (Å²) < 4.78 is 24.6. The van der Waals surface area contributed by atoms with Crippen molar-refractivity contribution in [2.45, 2.75) is 17.7 Å². The number of carbonyl (C=O) groups excluding carboxylic acids is 2. The summed E-state index contributed by atoms with van der Waals surface area (Å²) in [5.41, 5.74) is 0. The zero-order chi connectivity index (χ0) is 15.6. The van der Waals surface area contributed by atoms with Gasteiger partial charge in [-0.25, -0.2) is 8.42 Å². The number of sulfone groups is 1. The maximum absolute atomic E-state index is 12.3. The third-order valence-electron chi connectivity index (χ3n) is 3.22. The Labute approximate surface area is 132 Å². The van der Waals surface area contributed by atoms with Crippen molar-refractivity contribution in [1.82, 2.24) is 4.90 Å². The van der Waals surface area contributed by atoms with E-state index in [9.17, 15) is 18.0 Å². The van der Waals surface area contributed by atoms with E-state index in [1.54, 1.807) is 0 Å². The summed E-state index contributed by atoms with van der Waals surface area (Å²) in [4.78, 5) is 24.4. The molecule has 1 amide bonds. The predicted molar refractivity (Wildman–Crippen MR) is 79.3 cm³/mol. The van der Waals surface area contributed by atoms with Crippen molar-refractivity contribution in [2.24, 2.45) is 0 Å². The molecule has 1 fully saturated rings. The number of likely N-dealkylation sites (tertiary alicyclic amines) is 1. The number of Topliss-reactive ketones (excluding diaryl/α,β-unsaturated/α-hetero) is 1. The summed E-state index contributed by atoms with van der Waals surface area (Å²) in [6, 6.07) is 4.34. The molecule has 8 heteroatoms. The fourth-order valence-corrected chi connectivity index (χ4v) is 4.60. The molecule has 0 radical (unpaired) electrons. The number of carbonyl (C=O) groups is 2. The maximum atomic E-state index is 12.3. The van der Waals surface area contributed by atoms with E-state index in [1.165, 1.54) is 23.1 Å². The highest BCUT2D eigenvalue weighted by Crippen LogP contribution is 2.30. The summed E-state index contributed by atoms with van der Waals surface area (Å²) in [6.07, 6.45) is 0.525. The Hall–Kier alpha value is -1.11. The Morgan fingerprint density at radius 3 is 2.19 bits per heavy atom. The summed E-state index contributed by atoms with van der Waals surface area (Å²) in [5.74, 6) is -1.17. The minimum absolute atomic E-state index is 0.0101. The molecule has 0 bridgehead atoms. The number of benzene rings is 1. The molecule has 0 atom stereocenters. The van der Waals surface area contributed by atoms with Crippen LogP contribution in [0, 0.1) is 0 Å². The monoisotopic (exact) mass is 349 g/mol. The summed E-state index contributed by atoms with van der Waals surface area (Å²) >= 11 is 11.7. The molecule has 0 aromatic heterocycles. The van der Waals surface area contributed by atoms with Gasteiger partial charge in [0.2, 0.25) is 5.91 Å². The normalized spacial score (nSPS) is 16.1. The average Bonchev–Trinajstić information content (AvgIpc) is 2.38. The Bertz CT molecular complexity index is 657. The first-order valence-corrected chi connectivity index (χ1v) is 8.68. The van der Waals surface area contributed by atoms with E-state index >= 15 is 0 Å². The summed E-state index contributed by atoms with van der Waals surface area (Å²) in [5, 5.41) is -0.0201. The molecule has 1 saturated heterocycles. The van der Waals surface area contributed by atoms with Crippen LogP contribution >= 0.6 is 23.2 Å². The van der Waals surface area contributed by atoms with Crippen molar-refractivity contribution in [2.75, 3.05) is 18.8 Å². The van der Waals surface area contributed by atoms with Crippen molar-refractivity contribution < 1.29 is 18.0 Å². The number of hydrogen-bond donors (Lipinski definition) is 0. The second kappa shape index (κ2) is 6.34. The zero-order valence-electron chi connectivity index (χ0n) is 11.0. The van der Waals surface area contributed by atoms with Crippen LogP contribution in [0.25, 0.3) is 0 Å². The Morgan fingerprint density at radius 1 is 1.14 bits per heavy atom. The van der Waals surface area contributed by atoms with Crippen LogP contribution in [0.4, 0.5) is 0 Å². The highest BCUT2D eigenvalue weighted by molar-refractivity contribution is 7.92. The van der Waals surface area contributed by atoms with Gasteiger partial charge in [0.15, 0.2) is 9.84 Å². The van der Waals surface area contributed by atoms with Crippen molar-refractivity contribution in [1.29, 1.82) is 0 Å². The van der Waals surface area contributed by atoms with Crippen LogP contribution in [0.15, 0.2) is 23.1 Å². The Morgan fingerprint density at radius 2 is 1.67 bits per heavy atom. The topological polar surface area (TPSA) is 71.5 Å². The van der Waals surface area contributed by atoms with Crippen molar-refractivity contribution in [3.05, 3.63) is 28.2 Å². The largest absolute Gasteiger partial charge is 0.341 e. The van der Waals surface area contributed by atoms with Crippen LogP contribution in [0.1, 0.15) is 12.8 Å². The van der Waals surface area contributed by atoms with Crippen LogP contribution in [-0.4, -0.2) is 43.9 Å². The molecule has 1 heterocycles. The van der Waals surface area contributed by atoms with Crippen molar-refractivity contribution >= 4 is 44.7 Å². The molecule has 21 heavy (non-hydrogen) atoms. The van der Waals surface area contributed by atoms with Gasteiger partial charge in [0.25, 0.3) is 0 Å². The van der Waals surface area contributed by atoms with Gasteiger partial charge in [-0.3, -0.25) is 9.59 Å². The van der Waals surface area contributed by atoms with Crippen LogP contribution in [0.5, 0.6) is 0 Å². The SMILES string of the molecule is O=C1CCN(C(=O)CS(=O)(=O)c2c(Cl)cccc2Cl)CC1. The van der Waals surface area contributed by atoms with Gasteiger partial charge in [-0.15, -0.1) is 0 Å². The molecule has 1 aromatic carbocycles. The second-order valence-corrected chi connectivity index (χ2v) is 7.47. The van der Waals surface area contributed by atoms with Crippen LogP contribution < -0.4 is 0 Å². The molecule has 0 N–H and O–H groups in total. The minimum atomic E-state index is -3.92. The van der Waals surface area contributed by atoms with Gasteiger partial charge < -0.3 is 4.90 Å². The number of amides is 1. The minimum Gasteiger partial charge on any atom is -0.341 e. The average molecular weight is 350 g/mol. The molecule has 0 aliphatic carbocycles. The maximum Gasteiger partial charge on any atom is 0.238 e. The van der Waals surface area contributed by atoms with Gasteiger partial charge in [-0.2, -0.15) is 0 Å². The zero-order valence-corrected chi connectivity index (χ0v) is 13.3. The number of rotatable bonds is 3. The van der Waals surface area contributed by atoms with Gasteiger partial charge in [-0.05, 0) is 12.1 Å².